The molecule has 2 aromatic rings. The third-order valence-corrected chi connectivity index (χ3v) is 4.79. The number of halogens is 1. The van der Waals surface area contributed by atoms with Crippen molar-refractivity contribution >= 4 is 27.3 Å². The quantitative estimate of drug-likeness (QED) is 0.871. The second kappa shape index (κ2) is 4.58. The molecule has 0 radical (unpaired) electrons. The fourth-order valence-corrected chi connectivity index (χ4v) is 3.72. The zero-order chi connectivity index (χ0) is 13.6. The third kappa shape index (κ3) is 2.03. The zero-order valence-corrected chi connectivity index (χ0v) is 11.3. The van der Waals surface area contributed by atoms with Gasteiger partial charge in [0.05, 0.1) is 11.0 Å². The van der Waals surface area contributed by atoms with Crippen LogP contribution < -0.4 is 0 Å². The predicted octanol–water partition coefficient (Wildman–Crippen LogP) is 2.56. The van der Waals surface area contributed by atoms with E-state index in [4.69, 9.17) is 0 Å². The molecule has 1 aliphatic heterocycles. The van der Waals surface area contributed by atoms with Crippen molar-refractivity contribution < 1.29 is 14.3 Å². The van der Waals surface area contributed by atoms with Crippen molar-refractivity contribution in [3.8, 4) is 0 Å². The number of carbonyl (C=O) groups excluding carboxylic acids is 1. The highest BCUT2D eigenvalue weighted by Gasteiger charge is 2.28. The molecule has 1 atom stereocenters. The van der Waals surface area contributed by atoms with E-state index >= 15 is 0 Å². The third-order valence-electron chi connectivity index (χ3n) is 3.55. The van der Waals surface area contributed by atoms with Crippen LogP contribution in [-0.2, 0) is 0 Å². The maximum atomic E-state index is 13.8. The molecule has 0 aliphatic carbocycles. The number of fused-ring (bicyclic) bond motifs is 1. The van der Waals surface area contributed by atoms with E-state index in [1.165, 1.54) is 17.4 Å². The van der Waals surface area contributed by atoms with Crippen LogP contribution >= 0.6 is 11.3 Å². The number of aliphatic hydroxyl groups is 1. The number of likely N-dealkylation sites (tertiary alicyclic amines) is 1. The number of hydrogen-bond acceptors (Lipinski definition) is 3. The summed E-state index contributed by atoms with van der Waals surface area (Å²) in [6.45, 7) is 2.72. The summed E-state index contributed by atoms with van der Waals surface area (Å²) in [7, 11) is 0. The molecule has 1 unspecified atom stereocenters. The molecule has 1 amide bonds. The molecule has 1 aromatic carbocycles. The summed E-state index contributed by atoms with van der Waals surface area (Å²) in [6, 6.07) is 4.89. The Balaban J connectivity index is 2.03. The van der Waals surface area contributed by atoms with Crippen molar-refractivity contribution in [1.82, 2.24) is 4.90 Å². The Bertz CT molecular complexity index is 652. The smallest absolute Gasteiger partial charge is 0.264 e. The average Bonchev–Trinajstić information content (AvgIpc) is 2.94. The van der Waals surface area contributed by atoms with Crippen molar-refractivity contribution in [2.45, 2.75) is 19.4 Å². The highest BCUT2D eigenvalue weighted by atomic mass is 32.1. The number of aliphatic hydroxyl groups excluding tert-OH is 1. The number of thiophene rings is 1. The minimum absolute atomic E-state index is 0.102. The van der Waals surface area contributed by atoms with Crippen molar-refractivity contribution in [2.75, 3.05) is 13.1 Å². The van der Waals surface area contributed by atoms with Gasteiger partial charge in [-0.2, -0.15) is 0 Å². The first-order valence-corrected chi connectivity index (χ1v) is 7.04. The van der Waals surface area contributed by atoms with Gasteiger partial charge in [-0.15, -0.1) is 11.3 Å². The lowest BCUT2D eigenvalue weighted by atomic mass is 10.1. The highest BCUT2D eigenvalue weighted by Crippen LogP contribution is 2.33. The second-order valence-electron chi connectivity index (χ2n) is 4.86. The molecule has 19 heavy (non-hydrogen) atoms. The second-order valence-corrected chi connectivity index (χ2v) is 5.92. The van der Waals surface area contributed by atoms with Crippen LogP contribution in [0.1, 0.15) is 21.7 Å². The molecule has 1 aromatic heterocycles. The molecule has 1 aliphatic rings. The molecular formula is C14H14FNO2S. The van der Waals surface area contributed by atoms with E-state index in [0.717, 1.165) is 4.70 Å². The van der Waals surface area contributed by atoms with Crippen LogP contribution in [0, 0.1) is 12.7 Å². The maximum Gasteiger partial charge on any atom is 0.264 e. The predicted molar refractivity (Wildman–Crippen MR) is 73.0 cm³/mol. The van der Waals surface area contributed by atoms with Gasteiger partial charge in [-0.3, -0.25) is 4.79 Å². The van der Waals surface area contributed by atoms with E-state index in [-0.39, 0.29) is 11.7 Å². The molecule has 0 bridgehead atoms. The van der Waals surface area contributed by atoms with Crippen molar-refractivity contribution in [3.05, 3.63) is 34.5 Å². The number of benzene rings is 1. The van der Waals surface area contributed by atoms with Gasteiger partial charge >= 0.3 is 0 Å². The number of β-amino-alcohol motifs (C(OH)–C–C–N with tert-alkyl or cyclic N) is 1. The standard InChI is InChI=1S/C14H14FNO2S/c1-8-12-10(15)3-2-4-11(12)19-13(8)14(18)16-6-5-9(17)7-16/h2-4,9,17H,5-7H2,1H3. The number of amides is 1. The molecule has 5 heteroatoms. The lowest BCUT2D eigenvalue weighted by molar-refractivity contribution is 0.0769. The first-order valence-electron chi connectivity index (χ1n) is 6.23. The molecule has 1 fully saturated rings. The molecule has 3 nitrogen and oxygen atoms in total. The lowest BCUT2D eigenvalue weighted by Crippen LogP contribution is -2.29. The number of carbonyl (C=O) groups is 1. The Hall–Kier alpha value is -1.46. The van der Waals surface area contributed by atoms with Gasteiger partial charge < -0.3 is 10.0 Å². The van der Waals surface area contributed by atoms with E-state index in [2.05, 4.69) is 0 Å². The summed E-state index contributed by atoms with van der Waals surface area (Å²) in [5.74, 6) is -0.388. The Morgan fingerprint density at radius 1 is 1.53 bits per heavy atom. The monoisotopic (exact) mass is 279 g/mol. The molecule has 1 saturated heterocycles. The van der Waals surface area contributed by atoms with Crippen LogP contribution in [0.5, 0.6) is 0 Å². The topological polar surface area (TPSA) is 40.5 Å². The summed E-state index contributed by atoms with van der Waals surface area (Å²) >= 11 is 1.32. The molecule has 100 valence electrons. The van der Waals surface area contributed by atoms with Gasteiger partial charge in [0.2, 0.25) is 0 Å². The minimum Gasteiger partial charge on any atom is -0.391 e. The summed E-state index contributed by atoms with van der Waals surface area (Å²) in [5, 5.41) is 10.0. The summed E-state index contributed by atoms with van der Waals surface area (Å²) in [4.78, 5) is 14.6. The summed E-state index contributed by atoms with van der Waals surface area (Å²) < 4.78 is 14.6. The number of nitrogens with zero attached hydrogens (tertiary/aromatic N) is 1. The minimum atomic E-state index is -0.435. The maximum absolute atomic E-state index is 13.8. The summed E-state index contributed by atoms with van der Waals surface area (Å²) in [5.41, 5.74) is 0.699. The van der Waals surface area contributed by atoms with Gasteiger partial charge in [-0.1, -0.05) is 6.07 Å². The molecule has 3 rings (SSSR count). The average molecular weight is 279 g/mol. The molecule has 1 N–H and O–H groups in total. The van der Waals surface area contributed by atoms with Crippen LogP contribution in [0.3, 0.4) is 0 Å². The van der Waals surface area contributed by atoms with Crippen LogP contribution in [0.15, 0.2) is 18.2 Å². The van der Waals surface area contributed by atoms with Crippen molar-refractivity contribution in [3.63, 3.8) is 0 Å². The fourth-order valence-electron chi connectivity index (χ4n) is 2.53. The Labute approximate surface area is 114 Å². The molecule has 2 heterocycles. The molecule has 0 saturated carbocycles. The lowest BCUT2D eigenvalue weighted by Gasteiger charge is -2.14. The van der Waals surface area contributed by atoms with Crippen molar-refractivity contribution in [2.24, 2.45) is 0 Å². The van der Waals surface area contributed by atoms with E-state index in [1.54, 1.807) is 17.9 Å². The van der Waals surface area contributed by atoms with Gasteiger partial charge in [0.15, 0.2) is 0 Å². The Morgan fingerprint density at radius 3 is 2.95 bits per heavy atom. The number of aryl methyl sites for hydroxylation is 1. The molecule has 0 spiro atoms. The van der Waals surface area contributed by atoms with Crippen LogP contribution in [-0.4, -0.2) is 35.1 Å². The van der Waals surface area contributed by atoms with Gasteiger partial charge in [0.25, 0.3) is 5.91 Å². The SMILES string of the molecule is Cc1c(C(=O)N2CCC(O)C2)sc2cccc(F)c12. The first kappa shape index (κ1) is 12.6. The van der Waals surface area contributed by atoms with E-state index in [0.29, 0.717) is 35.3 Å². The summed E-state index contributed by atoms with van der Waals surface area (Å²) in [6.07, 6.45) is 0.180. The normalized spacial score (nSPS) is 19.3. The van der Waals surface area contributed by atoms with Gasteiger partial charge in [0, 0.05) is 23.2 Å². The van der Waals surface area contributed by atoms with Gasteiger partial charge in [-0.05, 0) is 31.0 Å². The largest absolute Gasteiger partial charge is 0.391 e. The highest BCUT2D eigenvalue weighted by molar-refractivity contribution is 7.21. The van der Waals surface area contributed by atoms with Crippen molar-refractivity contribution in [1.29, 1.82) is 0 Å². The Morgan fingerprint density at radius 2 is 2.32 bits per heavy atom. The molecular weight excluding hydrogens is 265 g/mol. The number of rotatable bonds is 1. The van der Waals surface area contributed by atoms with E-state index < -0.39 is 6.10 Å². The number of hydrogen-bond donors (Lipinski definition) is 1. The van der Waals surface area contributed by atoms with E-state index in [9.17, 15) is 14.3 Å². The van der Waals surface area contributed by atoms with Gasteiger partial charge in [-0.25, -0.2) is 4.39 Å². The fraction of sp³-hybridized carbons (Fsp3) is 0.357. The van der Waals surface area contributed by atoms with E-state index in [1.807, 2.05) is 6.07 Å². The first-order chi connectivity index (χ1) is 9.08. The van der Waals surface area contributed by atoms with Crippen LogP contribution in [0.25, 0.3) is 10.1 Å². The van der Waals surface area contributed by atoms with Crippen LogP contribution in [0.4, 0.5) is 4.39 Å². The van der Waals surface area contributed by atoms with Crippen LogP contribution in [0.2, 0.25) is 0 Å². The van der Waals surface area contributed by atoms with Gasteiger partial charge in [0.1, 0.15) is 5.82 Å². The Kier molecular flexibility index (Phi) is 3.03. The zero-order valence-electron chi connectivity index (χ0n) is 10.5.